The number of H-pyrrole nitrogens is 1. The number of rotatable bonds is 1. The molecular weight excluding hydrogens is 198 g/mol. The number of hydrogen-bond donors (Lipinski definition) is 1. The highest BCUT2D eigenvalue weighted by Crippen LogP contribution is 2.17. The number of nitrogens with one attached hydrogen (secondary N) is 1. The topological polar surface area (TPSA) is 49.0 Å². The molecule has 1 N–H and O–H groups in total. The number of thioether (sulfide) groups is 1. The zero-order valence-electron chi connectivity index (χ0n) is 8.06. The predicted octanol–water partition coefficient (Wildman–Crippen LogP) is 0.987. The Morgan fingerprint density at radius 2 is 2.64 bits per heavy atom. The summed E-state index contributed by atoms with van der Waals surface area (Å²) in [6, 6.07) is 0.330. The lowest BCUT2D eigenvalue weighted by molar-refractivity contribution is 0.0716. The van der Waals surface area contributed by atoms with E-state index < -0.39 is 0 Å². The second-order valence-corrected chi connectivity index (χ2v) is 4.56. The van der Waals surface area contributed by atoms with Crippen LogP contribution < -0.4 is 0 Å². The van der Waals surface area contributed by atoms with E-state index >= 15 is 0 Å². The van der Waals surface area contributed by atoms with Crippen molar-refractivity contribution in [3.63, 3.8) is 0 Å². The molecule has 0 radical (unpaired) electrons. The molecule has 0 aromatic carbocycles. The van der Waals surface area contributed by atoms with E-state index in [-0.39, 0.29) is 5.91 Å². The molecule has 0 aliphatic carbocycles. The van der Waals surface area contributed by atoms with Crippen LogP contribution in [0.15, 0.2) is 12.4 Å². The van der Waals surface area contributed by atoms with Gasteiger partial charge in [0.2, 0.25) is 0 Å². The first-order valence-corrected chi connectivity index (χ1v) is 5.82. The molecule has 1 aromatic heterocycles. The highest BCUT2D eigenvalue weighted by atomic mass is 32.2. The molecule has 1 aromatic rings. The van der Waals surface area contributed by atoms with E-state index in [1.54, 1.807) is 12.4 Å². The third-order valence-corrected chi connectivity index (χ3v) is 3.56. The number of aromatic nitrogens is 2. The van der Waals surface area contributed by atoms with E-state index in [1.165, 1.54) is 0 Å². The summed E-state index contributed by atoms with van der Waals surface area (Å²) in [5.41, 5.74) is 0.656. The summed E-state index contributed by atoms with van der Waals surface area (Å²) in [6.07, 6.45) is 3.23. The van der Waals surface area contributed by atoms with E-state index in [4.69, 9.17) is 0 Å². The molecule has 76 valence electrons. The summed E-state index contributed by atoms with van der Waals surface area (Å²) >= 11 is 1.90. The third-order valence-electron chi connectivity index (χ3n) is 2.37. The van der Waals surface area contributed by atoms with Gasteiger partial charge in [-0.15, -0.1) is 0 Å². The first kappa shape index (κ1) is 9.58. The fourth-order valence-corrected chi connectivity index (χ4v) is 2.58. The summed E-state index contributed by atoms with van der Waals surface area (Å²) in [5, 5.41) is 6.45. The van der Waals surface area contributed by atoms with Gasteiger partial charge in [0, 0.05) is 30.3 Å². The molecule has 4 nitrogen and oxygen atoms in total. The van der Waals surface area contributed by atoms with Gasteiger partial charge in [0.1, 0.15) is 0 Å². The fourth-order valence-electron chi connectivity index (χ4n) is 1.56. The molecule has 1 unspecified atom stereocenters. The fraction of sp³-hybridized carbons (Fsp3) is 0.556. The molecule has 2 heterocycles. The molecular formula is C9H13N3OS. The van der Waals surface area contributed by atoms with Gasteiger partial charge >= 0.3 is 0 Å². The van der Waals surface area contributed by atoms with Crippen LogP contribution in [-0.4, -0.2) is 45.1 Å². The van der Waals surface area contributed by atoms with E-state index in [2.05, 4.69) is 17.1 Å². The number of carbonyl (C=O) groups is 1. The number of amides is 1. The quantitative estimate of drug-likeness (QED) is 0.753. The average molecular weight is 211 g/mol. The summed E-state index contributed by atoms with van der Waals surface area (Å²) in [7, 11) is 0. The van der Waals surface area contributed by atoms with Crippen LogP contribution in [-0.2, 0) is 0 Å². The van der Waals surface area contributed by atoms with Crippen molar-refractivity contribution >= 4 is 17.7 Å². The Balaban J connectivity index is 2.10. The highest BCUT2D eigenvalue weighted by Gasteiger charge is 2.24. The Morgan fingerprint density at radius 3 is 3.29 bits per heavy atom. The predicted molar refractivity (Wildman–Crippen MR) is 56.4 cm³/mol. The minimum atomic E-state index is 0.0894. The summed E-state index contributed by atoms with van der Waals surface area (Å²) in [5.74, 6) is 2.16. The van der Waals surface area contributed by atoms with Crippen LogP contribution in [0.25, 0.3) is 0 Å². The molecule has 1 saturated heterocycles. The van der Waals surface area contributed by atoms with Gasteiger partial charge in [-0.25, -0.2) is 0 Å². The van der Waals surface area contributed by atoms with Gasteiger partial charge in [0.15, 0.2) is 0 Å². The zero-order valence-corrected chi connectivity index (χ0v) is 8.88. The molecule has 14 heavy (non-hydrogen) atoms. The lowest BCUT2D eigenvalue weighted by atomic mass is 10.2. The first-order valence-electron chi connectivity index (χ1n) is 4.66. The Kier molecular flexibility index (Phi) is 2.77. The van der Waals surface area contributed by atoms with E-state index in [0.29, 0.717) is 11.6 Å². The number of hydrogen-bond acceptors (Lipinski definition) is 3. The van der Waals surface area contributed by atoms with Crippen molar-refractivity contribution in [1.82, 2.24) is 15.1 Å². The van der Waals surface area contributed by atoms with Crippen molar-refractivity contribution in [2.45, 2.75) is 13.0 Å². The van der Waals surface area contributed by atoms with Crippen LogP contribution in [0.1, 0.15) is 17.3 Å². The molecule has 1 aliphatic heterocycles. The van der Waals surface area contributed by atoms with Gasteiger partial charge in [-0.2, -0.15) is 16.9 Å². The summed E-state index contributed by atoms with van der Waals surface area (Å²) in [4.78, 5) is 13.8. The first-order chi connectivity index (χ1) is 6.79. The van der Waals surface area contributed by atoms with Crippen molar-refractivity contribution in [3.8, 4) is 0 Å². The molecule has 1 fully saturated rings. The van der Waals surface area contributed by atoms with Gasteiger partial charge in [0.05, 0.1) is 11.8 Å². The van der Waals surface area contributed by atoms with Crippen molar-refractivity contribution in [3.05, 3.63) is 18.0 Å². The van der Waals surface area contributed by atoms with Crippen molar-refractivity contribution < 1.29 is 4.79 Å². The zero-order chi connectivity index (χ0) is 9.97. The average Bonchev–Trinajstić information content (AvgIpc) is 2.70. The summed E-state index contributed by atoms with van der Waals surface area (Å²) in [6.45, 7) is 2.93. The maximum absolute atomic E-state index is 11.9. The number of carbonyl (C=O) groups excluding carboxylic acids is 1. The van der Waals surface area contributed by atoms with Gasteiger partial charge in [0.25, 0.3) is 5.91 Å². The van der Waals surface area contributed by atoms with Crippen LogP contribution in [0.5, 0.6) is 0 Å². The lowest BCUT2D eigenvalue weighted by Gasteiger charge is -2.32. The summed E-state index contributed by atoms with van der Waals surface area (Å²) < 4.78 is 0. The van der Waals surface area contributed by atoms with Crippen molar-refractivity contribution in [2.75, 3.05) is 18.1 Å². The number of nitrogens with zero attached hydrogens (tertiary/aromatic N) is 2. The van der Waals surface area contributed by atoms with Crippen LogP contribution >= 0.6 is 11.8 Å². The van der Waals surface area contributed by atoms with E-state index in [9.17, 15) is 4.79 Å². The maximum atomic E-state index is 11.9. The molecule has 1 aliphatic rings. The Labute approximate surface area is 87.1 Å². The van der Waals surface area contributed by atoms with E-state index in [1.807, 2.05) is 16.7 Å². The van der Waals surface area contributed by atoms with Gasteiger partial charge < -0.3 is 4.90 Å². The van der Waals surface area contributed by atoms with Crippen LogP contribution in [0, 0.1) is 0 Å². The Bertz CT molecular complexity index is 312. The maximum Gasteiger partial charge on any atom is 0.257 e. The Hall–Kier alpha value is -0.970. The van der Waals surface area contributed by atoms with E-state index in [0.717, 1.165) is 18.1 Å². The molecule has 1 atom stereocenters. The third kappa shape index (κ3) is 1.77. The largest absolute Gasteiger partial charge is 0.334 e. The minimum absolute atomic E-state index is 0.0894. The lowest BCUT2D eigenvalue weighted by Crippen LogP contribution is -2.44. The van der Waals surface area contributed by atoms with Gasteiger partial charge in [-0.05, 0) is 6.92 Å². The molecule has 0 bridgehead atoms. The minimum Gasteiger partial charge on any atom is -0.334 e. The van der Waals surface area contributed by atoms with Crippen LogP contribution in [0.3, 0.4) is 0 Å². The molecule has 0 spiro atoms. The smallest absolute Gasteiger partial charge is 0.257 e. The Morgan fingerprint density at radius 1 is 1.79 bits per heavy atom. The van der Waals surface area contributed by atoms with Gasteiger partial charge in [-0.1, -0.05) is 0 Å². The molecule has 2 rings (SSSR count). The molecule has 5 heteroatoms. The number of aromatic amines is 1. The van der Waals surface area contributed by atoms with Gasteiger partial charge in [-0.3, -0.25) is 9.89 Å². The normalized spacial score (nSPS) is 22.4. The monoisotopic (exact) mass is 211 g/mol. The highest BCUT2D eigenvalue weighted by molar-refractivity contribution is 7.99. The molecule has 1 amide bonds. The standard InChI is InChI=1S/C9H13N3OS/c1-7-6-14-3-2-12(7)9(13)8-4-10-11-5-8/h4-5,7H,2-3,6H2,1H3,(H,10,11). The van der Waals surface area contributed by atoms with Crippen molar-refractivity contribution in [1.29, 1.82) is 0 Å². The molecule has 0 saturated carbocycles. The van der Waals surface area contributed by atoms with Crippen LogP contribution in [0.2, 0.25) is 0 Å². The van der Waals surface area contributed by atoms with Crippen LogP contribution in [0.4, 0.5) is 0 Å². The second-order valence-electron chi connectivity index (χ2n) is 3.41. The SMILES string of the molecule is CC1CSCCN1C(=O)c1cn[nH]c1. The second kappa shape index (κ2) is 4.04. The van der Waals surface area contributed by atoms with Crippen molar-refractivity contribution in [2.24, 2.45) is 0 Å².